The molecule has 3 amide bonds. The van der Waals surface area contributed by atoms with Crippen LogP contribution in [0.2, 0.25) is 0 Å². The van der Waals surface area contributed by atoms with Crippen LogP contribution in [0.4, 0.5) is 4.79 Å². The number of ether oxygens (including phenoxy) is 1. The third kappa shape index (κ3) is 3.18. The molecule has 1 heterocycles. The Morgan fingerprint density at radius 2 is 2.00 bits per heavy atom. The molecule has 2 aromatic carbocycles. The van der Waals surface area contributed by atoms with E-state index in [-0.39, 0.29) is 18.2 Å². The third-order valence-corrected chi connectivity index (χ3v) is 5.75. The first-order chi connectivity index (χ1) is 14.0. The van der Waals surface area contributed by atoms with Gasteiger partial charge < -0.3 is 10.1 Å². The molecule has 6 nitrogen and oxygen atoms in total. The summed E-state index contributed by atoms with van der Waals surface area (Å²) in [4.78, 5) is 39.4. The highest BCUT2D eigenvalue weighted by atomic mass is 16.5. The van der Waals surface area contributed by atoms with Crippen LogP contribution in [0.25, 0.3) is 0 Å². The number of carbonyl (C=O) groups is 3. The second kappa shape index (κ2) is 7.35. The number of hydrogen-bond acceptors (Lipinski definition) is 4. The number of amides is 3. The summed E-state index contributed by atoms with van der Waals surface area (Å²) in [6.45, 7) is 3.86. The fraction of sp³-hybridized carbons (Fsp3) is 0.348. The Labute approximate surface area is 169 Å². The number of imide groups is 1. The van der Waals surface area contributed by atoms with E-state index in [1.165, 1.54) is 11.8 Å². The second-order valence-corrected chi connectivity index (χ2v) is 7.55. The molecule has 1 saturated heterocycles. The molecule has 6 heteroatoms. The van der Waals surface area contributed by atoms with Crippen molar-refractivity contribution in [3.05, 3.63) is 64.7 Å². The number of ketones is 1. The molecule has 1 spiro atoms. The predicted octanol–water partition coefficient (Wildman–Crippen LogP) is 3.57. The molecule has 1 aliphatic carbocycles. The van der Waals surface area contributed by atoms with Crippen LogP contribution in [0, 0.1) is 0 Å². The standard InChI is InChI=1S/C23H24N2O4/c1-3-29-20-11-10-17(15(2)26)13-18(20)14-25-21(27)23(24-22(25)28)12-6-8-16-7-4-5-9-19(16)23/h4-5,7,9-11,13H,3,6,8,12,14H2,1-2H3,(H,24,28)/t23-/m0/s1. The number of carbonyl (C=O) groups excluding carboxylic acids is 3. The van der Waals surface area contributed by atoms with Gasteiger partial charge in [-0.05, 0) is 62.4 Å². The Hall–Kier alpha value is -3.15. The van der Waals surface area contributed by atoms with E-state index in [4.69, 9.17) is 4.74 Å². The highest BCUT2D eigenvalue weighted by molar-refractivity contribution is 6.07. The minimum Gasteiger partial charge on any atom is -0.494 e. The molecule has 1 atom stereocenters. The number of nitrogens with zero attached hydrogens (tertiary/aromatic N) is 1. The number of fused-ring (bicyclic) bond motifs is 2. The Morgan fingerprint density at radius 1 is 1.21 bits per heavy atom. The SMILES string of the molecule is CCOc1ccc(C(C)=O)cc1CN1C(=O)N[C@]2(CCCc3ccccc32)C1=O. The van der Waals surface area contributed by atoms with Crippen LogP contribution in [-0.4, -0.2) is 29.2 Å². The van der Waals surface area contributed by atoms with Gasteiger partial charge in [0.1, 0.15) is 11.3 Å². The van der Waals surface area contributed by atoms with E-state index in [1.54, 1.807) is 18.2 Å². The third-order valence-electron chi connectivity index (χ3n) is 5.75. The molecule has 150 valence electrons. The summed E-state index contributed by atoms with van der Waals surface area (Å²) < 4.78 is 5.66. The van der Waals surface area contributed by atoms with E-state index < -0.39 is 11.6 Å². The van der Waals surface area contributed by atoms with Crippen LogP contribution >= 0.6 is 0 Å². The van der Waals surface area contributed by atoms with Crippen LogP contribution in [0.3, 0.4) is 0 Å². The molecule has 1 N–H and O–H groups in total. The molecule has 2 aromatic rings. The van der Waals surface area contributed by atoms with Gasteiger partial charge in [0.15, 0.2) is 5.78 Å². The summed E-state index contributed by atoms with van der Waals surface area (Å²) in [5, 5.41) is 2.96. The summed E-state index contributed by atoms with van der Waals surface area (Å²) in [7, 11) is 0. The van der Waals surface area contributed by atoms with E-state index in [0.717, 1.165) is 24.0 Å². The first-order valence-corrected chi connectivity index (χ1v) is 9.95. The van der Waals surface area contributed by atoms with E-state index in [0.29, 0.717) is 29.9 Å². The molecule has 0 bridgehead atoms. The summed E-state index contributed by atoms with van der Waals surface area (Å²) in [5.74, 6) is 0.248. The average molecular weight is 392 g/mol. The van der Waals surface area contributed by atoms with Crippen molar-refractivity contribution in [2.45, 2.75) is 45.2 Å². The van der Waals surface area contributed by atoms with Crippen molar-refractivity contribution in [3.63, 3.8) is 0 Å². The molecule has 29 heavy (non-hydrogen) atoms. The molecule has 1 fully saturated rings. The topological polar surface area (TPSA) is 75.7 Å². The zero-order valence-electron chi connectivity index (χ0n) is 16.7. The summed E-state index contributed by atoms with van der Waals surface area (Å²) in [6.07, 6.45) is 2.31. The van der Waals surface area contributed by atoms with Crippen molar-refractivity contribution >= 4 is 17.7 Å². The monoisotopic (exact) mass is 392 g/mol. The maximum atomic E-state index is 13.5. The van der Waals surface area contributed by atoms with Crippen molar-refractivity contribution < 1.29 is 19.1 Å². The van der Waals surface area contributed by atoms with Gasteiger partial charge in [-0.25, -0.2) is 4.79 Å². The molecule has 2 aliphatic rings. The molecule has 0 radical (unpaired) electrons. The van der Waals surface area contributed by atoms with Gasteiger partial charge in [0.05, 0.1) is 13.2 Å². The van der Waals surface area contributed by atoms with Gasteiger partial charge in [-0.2, -0.15) is 0 Å². The van der Waals surface area contributed by atoms with Gasteiger partial charge in [0.2, 0.25) is 0 Å². The van der Waals surface area contributed by atoms with Gasteiger partial charge in [0.25, 0.3) is 5.91 Å². The van der Waals surface area contributed by atoms with Gasteiger partial charge in [-0.3, -0.25) is 14.5 Å². The number of urea groups is 1. The van der Waals surface area contributed by atoms with E-state index in [2.05, 4.69) is 5.32 Å². The van der Waals surface area contributed by atoms with Gasteiger partial charge in [0, 0.05) is 11.1 Å². The number of aryl methyl sites for hydroxylation is 1. The van der Waals surface area contributed by atoms with Crippen LogP contribution in [0.1, 0.15) is 53.7 Å². The Bertz CT molecular complexity index is 1000. The number of benzene rings is 2. The van der Waals surface area contributed by atoms with E-state index in [1.807, 2.05) is 31.2 Å². The fourth-order valence-corrected chi connectivity index (χ4v) is 4.34. The smallest absolute Gasteiger partial charge is 0.325 e. The zero-order chi connectivity index (χ0) is 20.6. The van der Waals surface area contributed by atoms with Gasteiger partial charge in [-0.15, -0.1) is 0 Å². The minimum atomic E-state index is -1.00. The van der Waals surface area contributed by atoms with E-state index >= 15 is 0 Å². The molecule has 0 aromatic heterocycles. The van der Waals surface area contributed by atoms with Crippen molar-refractivity contribution in [3.8, 4) is 5.75 Å². The second-order valence-electron chi connectivity index (χ2n) is 7.55. The highest BCUT2D eigenvalue weighted by Crippen LogP contribution is 2.40. The maximum Gasteiger partial charge on any atom is 0.325 e. The first kappa shape index (κ1) is 19.2. The fourth-order valence-electron chi connectivity index (χ4n) is 4.34. The number of Topliss-reactive ketones (excluding diaryl/α,β-unsaturated/α-hetero) is 1. The zero-order valence-corrected chi connectivity index (χ0v) is 16.7. The Balaban J connectivity index is 1.70. The van der Waals surface area contributed by atoms with Crippen molar-refractivity contribution in [1.29, 1.82) is 0 Å². The molecular formula is C23H24N2O4. The summed E-state index contributed by atoms with van der Waals surface area (Å²) >= 11 is 0. The van der Waals surface area contributed by atoms with Crippen molar-refractivity contribution in [2.24, 2.45) is 0 Å². The molecular weight excluding hydrogens is 368 g/mol. The Morgan fingerprint density at radius 3 is 2.76 bits per heavy atom. The van der Waals surface area contributed by atoms with Gasteiger partial charge >= 0.3 is 6.03 Å². The minimum absolute atomic E-state index is 0.0606. The summed E-state index contributed by atoms with van der Waals surface area (Å²) in [6, 6.07) is 12.5. The van der Waals surface area contributed by atoms with Crippen molar-refractivity contribution in [1.82, 2.24) is 10.2 Å². The summed E-state index contributed by atoms with van der Waals surface area (Å²) in [5.41, 5.74) is 2.14. The lowest BCUT2D eigenvalue weighted by atomic mass is 9.76. The van der Waals surface area contributed by atoms with Gasteiger partial charge in [-0.1, -0.05) is 24.3 Å². The lowest BCUT2D eigenvalue weighted by Crippen LogP contribution is -2.46. The molecule has 4 rings (SSSR count). The normalized spacial score (nSPS) is 20.6. The number of rotatable bonds is 5. The first-order valence-electron chi connectivity index (χ1n) is 9.95. The van der Waals surface area contributed by atoms with Crippen molar-refractivity contribution in [2.75, 3.05) is 6.61 Å². The Kier molecular flexibility index (Phi) is 4.86. The average Bonchev–Trinajstić information content (AvgIpc) is 2.94. The van der Waals surface area contributed by atoms with Crippen LogP contribution < -0.4 is 10.1 Å². The highest BCUT2D eigenvalue weighted by Gasteiger charge is 2.53. The lowest BCUT2D eigenvalue weighted by molar-refractivity contribution is -0.132. The van der Waals surface area contributed by atoms with Crippen LogP contribution in [-0.2, 0) is 23.3 Å². The predicted molar refractivity (Wildman–Crippen MR) is 108 cm³/mol. The molecule has 1 aliphatic heterocycles. The number of hydrogen-bond donors (Lipinski definition) is 1. The lowest BCUT2D eigenvalue weighted by Gasteiger charge is -2.33. The molecule has 0 saturated carbocycles. The maximum absolute atomic E-state index is 13.5. The number of nitrogens with one attached hydrogen (secondary N) is 1. The van der Waals surface area contributed by atoms with Crippen LogP contribution in [0.15, 0.2) is 42.5 Å². The molecule has 0 unspecified atom stereocenters. The van der Waals surface area contributed by atoms with E-state index in [9.17, 15) is 14.4 Å². The van der Waals surface area contributed by atoms with Crippen LogP contribution in [0.5, 0.6) is 5.75 Å². The quantitative estimate of drug-likeness (QED) is 0.623. The largest absolute Gasteiger partial charge is 0.494 e.